The zero-order valence-electron chi connectivity index (χ0n) is 8.03. The Kier molecular flexibility index (Phi) is 3.97. The van der Waals surface area contributed by atoms with Crippen molar-refractivity contribution in [3.63, 3.8) is 0 Å². The Bertz CT molecular complexity index is 427. The molecular formula is C9H9ClN3O2+. The first-order valence-corrected chi connectivity index (χ1v) is 4.61. The van der Waals surface area contributed by atoms with Crippen LogP contribution in [-0.2, 0) is 4.74 Å². The fraction of sp³-hybridized carbons (Fsp3) is 0.222. The van der Waals surface area contributed by atoms with E-state index in [1.807, 2.05) is 0 Å². The number of halogens is 1. The van der Waals surface area contributed by atoms with Crippen molar-refractivity contribution < 1.29 is 9.53 Å². The standard InChI is InChI=1S/C9H9ClN3O2/c1-2-15-9(14)7-5-6(12-13-11)3-4-8(7)10/h3-5,11H,2H2,1H3/q+1. The van der Waals surface area contributed by atoms with E-state index >= 15 is 0 Å². The topological polar surface area (TPSA) is 76.6 Å². The molecule has 0 radical (unpaired) electrons. The van der Waals surface area contributed by atoms with Gasteiger partial charge >= 0.3 is 5.97 Å². The lowest BCUT2D eigenvalue weighted by atomic mass is 10.2. The molecular weight excluding hydrogens is 218 g/mol. The van der Waals surface area contributed by atoms with Crippen LogP contribution in [0.25, 0.3) is 0 Å². The maximum absolute atomic E-state index is 11.4. The van der Waals surface area contributed by atoms with Gasteiger partial charge in [0.2, 0.25) is 4.91 Å². The van der Waals surface area contributed by atoms with Crippen LogP contribution in [0.4, 0.5) is 5.69 Å². The van der Waals surface area contributed by atoms with Gasteiger partial charge in [0, 0.05) is 0 Å². The first-order valence-electron chi connectivity index (χ1n) is 4.23. The number of benzene rings is 1. The van der Waals surface area contributed by atoms with Crippen LogP contribution < -0.4 is 4.91 Å². The van der Waals surface area contributed by atoms with E-state index in [1.165, 1.54) is 12.1 Å². The lowest BCUT2D eigenvalue weighted by Gasteiger charge is -2.02. The van der Waals surface area contributed by atoms with Crippen LogP contribution in [0.3, 0.4) is 0 Å². The molecule has 1 N–H and O–H groups in total. The normalized spacial score (nSPS) is 9.20. The molecule has 0 aliphatic rings. The predicted molar refractivity (Wildman–Crippen MR) is 54.4 cm³/mol. The molecule has 0 saturated heterocycles. The average molecular weight is 227 g/mol. The van der Waals surface area contributed by atoms with Gasteiger partial charge in [0.05, 0.1) is 17.2 Å². The third-order valence-corrected chi connectivity index (χ3v) is 1.94. The second kappa shape index (κ2) is 5.24. The smallest absolute Gasteiger partial charge is 0.339 e. The molecule has 0 unspecified atom stereocenters. The van der Waals surface area contributed by atoms with Crippen molar-refractivity contribution in [2.75, 3.05) is 6.61 Å². The van der Waals surface area contributed by atoms with Crippen LogP contribution in [0.2, 0.25) is 5.02 Å². The second-order valence-corrected chi connectivity index (χ2v) is 2.99. The molecule has 0 bridgehead atoms. The molecule has 0 aliphatic heterocycles. The highest BCUT2D eigenvalue weighted by molar-refractivity contribution is 6.33. The summed E-state index contributed by atoms with van der Waals surface area (Å²) >= 11 is 5.81. The minimum atomic E-state index is -0.510. The third kappa shape index (κ3) is 2.87. The quantitative estimate of drug-likeness (QED) is 0.489. The fourth-order valence-electron chi connectivity index (χ4n) is 0.998. The van der Waals surface area contributed by atoms with Crippen LogP contribution in [0.1, 0.15) is 17.3 Å². The molecule has 6 heteroatoms. The largest absolute Gasteiger partial charge is 0.462 e. The highest BCUT2D eigenvalue weighted by atomic mass is 35.5. The number of nitrogens with one attached hydrogen (secondary N) is 1. The summed E-state index contributed by atoms with van der Waals surface area (Å²) in [6, 6.07) is 4.50. The van der Waals surface area contributed by atoms with Gasteiger partial charge in [-0.3, -0.25) is 0 Å². The van der Waals surface area contributed by atoms with E-state index in [4.69, 9.17) is 21.9 Å². The van der Waals surface area contributed by atoms with E-state index in [9.17, 15) is 4.79 Å². The SMILES string of the molecule is CCOC(=O)c1cc(N=[N+]=N)ccc1Cl. The van der Waals surface area contributed by atoms with Crippen LogP contribution in [0.15, 0.2) is 23.3 Å². The molecule has 78 valence electrons. The Morgan fingerprint density at radius 3 is 3.00 bits per heavy atom. The van der Waals surface area contributed by atoms with Crippen LogP contribution in [0.5, 0.6) is 0 Å². The van der Waals surface area contributed by atoms with E-state index in [2.05, 4.69) is 10.0 Å². The number of hydrogen-bond donors (Lipinski definition) is 1. The molecule has 1 aromatic rings. The van der Waals surface area contributed by atoms with E-state index < -0.39 is 5.97 Å². The van der Waals surface area contributed by atoms with Crippen molar-refractivity contribution in [2.24, 2.45) is 5.11 Å². The Morgan fingerprint density at radius 1 is 1.67 bits per heavy atom. The molecule has 0 aromatic heterocycles. The van der Waals surface area contributed by atoms with Crippen LogP contribution in [-0.4, -0.2) is 12.6 Å². The molecule has 0 fully saturated rings. The summed E-state index contributed by atoms with van der Waals surface area (Å²) in [5.41, 5.74) is 7.17. The molecule has 0 heterocycles. The minimum absolute atomic E-state index is 0.225. The molecule has 0 spiro atoms. The van der Waals surface area contributed by atoms with Gasteiger partial charge < -0.3 is 4.74 Å². The summed E-state index contributed by atoms with van der Waals surface area (Å²) in [5, 5.41) is 3.77. The van der Waals surface area contributed by atoms with E-state index in [-0.39, 0.29) is 17.2 Å². The predicted octanol–water partition coefficient (Wildman–Crippen LogP) is 2.70. The molecule has 1 rings (SSSR count). The van der Waals surface area contributed by atoms with Gasteiger partial charge in [0.15, 0.2) is 10.8 Å². The maximum Gasteiger partial charge on any atom is 0.339 e. The summed E-state index contributed by atoms with van der Waals surface area (Å²) in [5.74, 6) is -0.510. The number of carbonyl (C=O) groups excluding carboxylic acids is 1. The summed E-state index contributed by atoms with van der Waals surface area (Å²) < 4.78 is 4.80. The highest BCUT2D eigenvalue weighted by Crippen LogP contribution is 2.22. The number of hydrogen-bond acceptors (Lipinski definition) is 4. The molecule has 0 amide bonds. The molecule has 0 aliphatic carbocycles. The maximum atomic E-state index is 11.4. The molecule has 15 heavy (non-hydrogen) atoms. The lowest BCUT2D eigenvalue weighted by molar-refractivity contribution is 0.0526. The average Bonchev–Trinajstić information content (AvgIpc) is 2.21. The van der Waals surface area contributed by atoms with Gasteiger partial charge in [0.25, 0.3) is 0 Å². The Balaban J connectivity index is 3.10. The number of esters is 1. The van der Waals surface area contributed by atoms with Crippen molar-refractivity contribution in [2.45, 2.75) is 6.92 Å². The number of nitrogens with zero attached hydrogens (tertiary/aromatic N) is 2. The van der Waals surface area contributed by atoms with Gasteiger partial charge in [-0.1, -0.05) is 11.6 Å². The molecule has 0 atom stereocenters. The Hall–Kier alpha value is -1.71. The molecule has 5 nitrogen and oxygen atoms in total. The lowest BCUT2D eigenvalue weighted by Crippen LogP contribution is -2.04. The number of carbonyl (C=O) groups is 1. The van der Waals surface area contributed by atoms with E-state index in [1.54, 1.807) is 13.0 Å². The van der Waals surface area contributed by atoms with Gasteiger partial charge in [-0.2, -0.15) is 0 Å². The van der Waals surface area contributed by atoms with Gasteiger partial charge in [-0.15, -0.1) is 0 Å². The zero-order valence-corrected chi connectivity index (χ0v) is 8.78. The van der Waals surface area contributed by atoms with Crippen molar-refractivity contribution in [3.05, 3.63) is 28.8 Å². The van der Waals surface area contributed by atoms with Crippen molar-refractivity contribution in [3.8, 4) is 0 Å². The third-order valence-electron chi connectivity index (χ3n) is 1.61. The minimum Gasteiger partial charge on any atom is -0.462 e. The Morgan fingerprint density at radius 2 is 2.40 bits per heavy atom. The van der Waals surface area contributed by atoms with E-state index in [0.29, 0.717) is 5.69 Å². The zero-order chi connectivity index (χ0) is 11.3. The van der Waals surface area contributed by atoms with Crippen molar-refractivity contribution in [1.82, 2.24) is 4.91 Å². The second-order valence-electron chi connectivity index (χ2n) is 2.58. The molecule has 0 saturated carbocycles. The summed E-state index contributed by atoms with van der Waals surface area (Å²) in [7, 11) is 0. The first-order chi connectivity index (χ1) is 7.19. The number of ether oxygens (including phenoxy) is 1. The fourth-order valence-corrected chi connectivity index (χ4v) is 1.19. The van der Waals surface area contributed by atoms with Gasteiger partial charge in [-0.05, 0) is 25.1 Å². The van der Waals surface area contributed by atoms with Crippen molar-refractivity contribution >= 4 is 23.3 Å². The van der Waals surface area contributed by atoms with Gasteiger partial charge in [-0.25, -0.2) is 4.79 Å². The van der Waals surface area contributed by atoms with Crippen LogP contribution in [0, 0.1) is 5.53 Å². The Labute approximate surface area is 91.2 Å². The molecule has 1 aromatic carbocycles. The summed E-state index contributed by atoms with van der Waals surface area (Å²) in [6.45, 7) is 1.98. The monoisotopic (exact) mass is 226 g/mol. The van der Waals surface area contributed by atoms with Crippen LogP contribution >= 0.6 is 11.6 Å². The van der Waals surface area contributed by atoms with E-state index in [0.717, 1.165) is 0 Å². The van der Waals surface area contributed by atoms with Crippen molar-refractivity contribution in [1.29, 1.82) is 5.53 Å². The van der Waals surface area contributed by atoms with Gasteiger partial charge in [0.1, 0.15) is 5.53 Å². The highest BCUT2D eigenvalue weighted by Gasteiger charge is 2.13. The summed E-state index contributed by atoms with van der Waals surface area (Å²) in [4.78, 5) is 14.3. The first kappa shape index (κ1) is 11.4. The summed E-state index contributed by atoms with van der Waals surface area (Å²) in [6.07, 6.45) is 0. The number of rotatable bonds is 3.